The standard InChI is InChI=1S/C22H23FN4O2/c1-2-29-22-20(25-18-7-3-4-8-19(18)26-22)27-13-5-6-15(14-27)21(28)24-17-11-9-16(23)10-12-17/h3-4,7-12,15H,2,5-6,13-14H2,1H3,(H,24,28). The summed E-state index contributed by atoms with van der Waals surface area (Å²) in [5.74, 6) is 0.561. The van der Waals surface area contributed by atoms with Crippen molar-refractivity contribution >= 4 is 28.4 Å². The van der Waals surface area contributed by atoms with Crippen molar-refractivity contribution < 1.29 is 13.9 Å². The Hall–Kier alpha value is -3.22. The van der Waals surface area contributed by atoms with Gasteiger partial charge in [-0.1, -0.05) is 12.1 Å². The van der Waals surface area contributed by atoms with Gasteiger partial charge in [0.25, 0.3) is 5.88 Å². The van der Waals surface area contributed by atoms with Gasteiger partial charge in [-0.15, -0.1) is 0 Å². The Bertz CT molecular complexity index is 1010. The highest BCUT2D eigenvalue weighted by atomic mass is 19.1. The van der Waals surface area contributed by atoms with Crippen molar-refractivity contribution in [2.45, 2.75) is 19.8 Å². The van der Waals surface area contributed by atoms with Gasteiger partial charge in [0.15, 0.2) is 5.82 Å². The first kappa shape index (κ1) is 19.1. The molecule has 1 fully saturated rings. The van der Waals surface area contributed by atoms with Crippen molar-refractivity contribution in [2.75, 3.05) is 29.9 Å². The van der Waals surface area contributed by atoms with Gasteiger partial charge in [-0.25, -0.2) is 14.4 Å². The lowest BCUT2D eigenvalue weighted by Gasteiger charge is -2.33. The molecule has 1 amide bonds. The summed E-state index contributed by atoms with van der Waals surface area (Å²) in [5, 5.41) is 2.88. The molecule has 1 aliphatic heterocycles. The number of hydrogen-bond donors (Lipinski definition) is 1. The maximum atomic E-state index is 13.1. The van der Waals surface area contributed by atoms with E-state index >= 15 is 0 Å². The number of hydrogen-bond acceptors (Lipinski definition) is 5. The highest BCUT2D eigenvalue weighted by Gasteiger charge is 2.29. The fourth-order valence-electron chi connectivity index (χ4n) is 3.58. The third-order valence-corrected chi connectivity index (χ3v) is 5.01. The van der Waals surface area contributed by atoms with E-state index in [1.54, 1.807) is 12.1 Å². The van der Waals surface area contributed by atoms with Gasteiger partial charge in [0.05, 0.1) is 23.6 Å². The van der Waals surface area contributed by atoms with Crippen LogP contribution >= 0.6 is 0 Å². The SMILES string of the molecule is CCOc1nc2ccccc2nc1N1CCCC(C(=O)Nc2ccc(F)cc2)C1. The summed E-state index contributed by atoms with van der Waals surface area (Å²) < 4.78 is 18.8. The van der Waals surface area contributed by atoms with Gasteiger partial charge in [-0.05, 0) is 56.2 Å². The van der Waals surface area contributed by atoms with Crippen LogP contribution in [0.4, 0.5) is 15.9 Å². The second kappa shape index (κ2) is 8.43. The molecule has 0 radical (unpaired) electrons. The second-order valence-corrected chi connectivity index (χ2v) is 7.06. The normalized spacial score (nSPS) is 16.6. The molecular weight excluding hydrogens is 371 g/mol. The summed E-state index contributed by atoms with van der Waals surface area (Å²) in [7, 11) is 0. The van der Waals surface area contributed by atoms with Crippen molar-refractivity contribution in [3.05, 3.63) is 54.3 Å². The lowest BCUT2D eigenvalue weighted by atomic mass is 9.97. The van der Waals surface area contributed by atoms with Crippen molar-refractivity contribution in [2.24, 2.45) is 5.92 Å². The van der Waals surface area contributed by atoms with Crippen LogP contribution in [-0.2, 0) is 4.79 Å². The van der Waals surface area contributed by atoms with E-state index < -0.39 is 0 Å². The zero-order valence-electron chi connectivity index (χ0n) is 16.3. The number of carbonyl (C=O) groups excluding carboxylic acids is 1. The lowest BCUT2D eigenvalue weighted by Crippen LogP contribution is -2.41. The minimum atomic E-state index is -0.329. The molecule has 0 spiro atoms. The van der Waals surface area contributed by atoms with Crippen LogP contribution in [-0.4, -0.2) is 35.6 Å². The average molecular weight is 394 g/mol. The first-order chi connectivity index (χ1) is 14.1. The molecule has 2 aromatic carbocycles. The van der Waals surface area contributed by atoms with Gasteiger partial charge in [-0.2, -0.15) is 0 Å². The minimum Gasteiger partial charge on any atom is -0.475 e. The number of aromatic nitrogens is 2. The molecule has 1 saturated heterocycles. The van der Waals surface area contributed by atoms with Crippen molar-refractivity contribution in [1.29, 1.82) is 0 Å². The molecule has 4 rings (SSSR count). The van der Waals surface area contributed by atoms with E-state index in [0.717, 1.165) is 30.4 Å². The summed E-state index contributed by atoms with van der Waals surface area (Å²) >= 11 is 0. The number of ether oxygens (including phenoxy) is 1. The molecule has 150 valence electrons. The van der Waals surface area contributed by atoms with E-state index in [0.29, 0.717) is 30.5 Å². The van der Waals surface area contributed by atoms with Crippen molar-refractivity contribution in [3.63, 3.8) is 0 Å². The zero-order chi connectivity index (χ0) is 20.2. The largest absolute Gasteiger partial charge is 0.475 e. The number of halogens is 1. The Balaban J connectivity index is 1.55. The highest BCUT2D eigenvalue weighted by Crippen LogP contribution is 2.31. The Labute approximate surface area is 168 Å². The number of nitrogens with one attached hydrogen (secondary N) is 1. The Morgan fingerprint density at radius 2 is 1.90 bits per heavy atom. The first-order valence-electron chi connectivity index (χ1n) is 9.85. The Kier molecular flexibility index (Phi) is 5.55. The number of anilines is 2. The van der Waals surface area contributed by atoms with Crippen LogP contribution in [0, 0.1) is 11.7 Å². The fraction of sp³-hybridized carbons (Fsp3) is 0.318. The third-order valence-electron chi connectivity index (χ3n) is 5.01. The minimum absolute atomic E-state index is 0.0759. The Morgan fingerprint density at radius 3 is 2.62 bits per heavy atom. The summed E-state index contributed by atoms with van der Waals surface area (Å²) in [6, 6.07) is 13.5. The quantitative estimate of drug-likeness (QED) is 0.708. The van der Waals surface area contributed by atoms with Gasteiger partial charge < -0.3 is 15.0 Å². The molecule has 2 heterocycles. The van der Waals surface area contributed by atoms with Crippen LogP contribution in [0.25, 0.3) is 11.0 Å². The molecule has 7 heteroatoms. The van der Waals surface area contributed by atoms with Crippen molar-refractivity contribution in [3.8, 4) is 5.88 Å². The fourth-order valence-corrected chi connectivity index (χ4v) is 3.58. The van der Waals surface area contributed by atoms with Gasteiger partial charge in [0, 0.05) is 18.8 Å². The molecule has 0 aliphatic carbocycles. The number of piperidine rings is 1. The third kappa shape index (κ3) is 4.29. The molecule has 1 aromatic heterocycles. The van der Waals surface area contributed by atoms with Crippen LogP contribution < -0.4 is 15.0 Å². The number of nitrogens with zero attached hydrogens (tertiary/aromatic N) is 3. The smallest absolute Gasteiger partial charge is 0.258 e. The molecule has 0 bridgehead atoms. The molecule has 3 aromatic rings. The van der Waals surface area contributed by atoms with Crippen molar-refractivity contribution in [1.82, 2.24) is 9.97 Å². The predicted octanol–water partition coefficient (Wildman–Crippen LogP) is 4.02. The van der Waals surface area contributed by atoms with Crippen LogP contribution in [0.5, 0.6) is 5.88 Å². The van der Waals surface area contributed by atoms with Crippen LogP contribution in [0.1, 0.15) is 19.8 Å². The number of benzene rings is 2. The van der Waals surface area contributed by atoms with Crippen LogP contribution in [0.15, 0.2) is 48.5 Å². The van der Waals surface area contributed by atoms with E-state index in [2.05, 4.69) is 15.2 Å². The average Bonchev–Trinajstić information content (AvgIpc) is 2.75. The number of carbonyl (C=O) groups is 1. The van der Waals surface area contributed by atoms with E-state index in [-0.39, 0.29) is 17.6 Å². The van der Waals surface area contributed by atoms with E-state index in [1.807, 2.05) is 31.2 Å². The molecule has 1 N–H and O–H groups in total. The summed E-state index contributed by atoms with van der Waals surface area (Å²) in [5.41, 5.74) is 2.17. The van der Waals surface area contributed by atoms with Gasteiger partial charge in [-0.3, -0.25) is 4.79 Å². The second-order valence-electron chi connectivity index (χ2n) is 7.06. The van der Waals surface area contributed by atoms with Crippen LogP contribution in [0.2, 0.25) is 0 Å². The maximum Gasteiger partial charge on any atom is 0.258 e. The molecule has 6 nitrogen and oxygen atoms in total. The summed E-state index contributed by atoms with van der Waals surface area (Å²) in [6.45, 7) is 3.71. The first-order valence-corrected chi connectivity index (χ1v) is 9.85. The maximum absolute atomic E-state index is 13.1. The number of amides is 1. The summed E-state index contributed by atoms with van der Waals surface area (Å²) in [4.78, 5) is 24.2. The van der Waals surface area contributed by atoms with E-state index in [9.17, 15) is 9.18 Å². The molecule has 1 aliphatic rings. The predicted molar refractivity (Wildman–Crippen MR) is 111 cm³/mol. The lowest BCUT2D eigenvalue weighted by molar-refractivity contribution is -0.120. The van der Waals surface area contributed by atoms with Gasteiger partial charge in [0.1, 0.15) is 5.82 Å². The van der Waals surface area contributed by atoms with Gasteiger partial charge >= 0.3 is 0 Å². The molecule has 0 saturated carbocycles. The number of para-hydroxylation sites is 2. The zero-order valence-corrected chi connectivity index (χ0v) is 16.3. The molecule has 29 heavy (non-hydrogen) atoms. The summed E-state index contributed by atoms with van der Waals surface area (Å²) in [6.07, 6.45) is 1.65. The van der Waals surface area contributed by atoms with Gasteiger partial charge in [0.2, 0.25) is 5.91 Å². The van der Waals surface area contributed by atoms with E-state index in [1.165, 1.54) is 12.1 Å². The molecule has 1 unspecified atom stereocenters. The highest BCUT2D eigenvalue weighted by molar-refractivity contribution is 5.93. The van der Waals surface area contributed by atoms with E-state index in [4.69, 9.17) is 9.72 Å². The van der Waals surface area contributed by atoms with Crippen LogP contribution in [0.3, 0.4) is 0 Å². The molecule has 1 atom stereocenters. The molecular formula is C22H23FN4O2. The topological polar surface area (TPSA) is 67.4 Å². The number of rotatable bonds is 5. The monoisotopic (exact) mass is 394 g/mol. The Morgan fingerprint density at radius 1 is 1.17 bits per heavy atom. The number of fused-ring (bicyclic) bond motifs is 1.